The van der Waals surface area contributed by atoms with Crippen LogP contribution in [0.15, 0.2) is 0 Å². The van der Waals surface area contributed by atoms with Crippen molar-refractivity contribution in [2.24, 2.45) is 0 Å². The summed E-state index contributed by atoms with van der Waals surface area (Å²) in [7, 11) is 0. The topological polar surface area (TPSA) is 3.24 Å². The van der Waals surface area contributed by atoms with Crippen molar-refractivity contribution in [3.63, 3.8) is 0 Å². The van der Waals surface area contributed by atoms with E-state index >= 15 is 0 Å². The molecule has 0 aromatic heterocycles. The van der Waals surface area contributed by atoms with Gasteiger partial charge in [-0.3, -0.25) is 0 Å². The summed E-state index contributed by atoms with van der Waals surface area (Å²) in [4.78, 5) is 0. The summed E-state index contributed by atoms with van der Waals surface area (Å²) in [6.45, 7) is 2.72. The van der Waals surface area contributed by atoms with Crippen molar-refractivity contribution in [3.8, 4) is 0 Å². The second kappa shape index (κ2) is 1.47. The maximum absolute atomic E-state index is 2.40. The van der Waals surface area contributed by atoms with Crippen LogP contribution in [0.2, 0.25) is 0 Å². The van der Waals surface area contributed by atoms with Crippen LogP contribution < -0.4 is 0 Å². The molecule has 1 fully saturated rings. The van der Waals surface area contributed by atoms with Gasteiger partial charge in [-0.05, 0) is 0 Å². The van der Waals surface area contributed by atoms with Crippen LogP contribution in [0.5, 0.6) is 0 Å². The normalized spacial score (nSPS) is 25.8. The number of nitrogens with zero attached hydrogens (tertiary/aromatic N) is 1. The Kier molecular flexibility index (Phi) is 1.16. The van der Waals surface area contributed by atoms with Crippen molar-refractivity contribution >= 4 is 22.8 Å². The van der Waals surface area contributed by atoms with Gasteiger partial charge in [0, 0.05) is 0 Å². The molecule has 1 aliphatic heterocycles. The Morgan fingerprint density at radius 3 is 1.80 bits per heavy atom. The molecule has 0 amide bonds. The number of hydrogen-bond donors (Lipinski definition) is 0. The molecule has 0 spiro atoms. The molecule has 2 heteroatoms. The zero-order valence-electron chi connectivity index (χ0n) is 3.07. The van der Waals surface area contributed by atoms with Gasteiger partial charge in [0.05, 0.1) is 0 Å². The first-order chi connectivity index (χ1) is 2.39. The molecule has 5 heavy (non-hydrogen) atoms. The summed E-state index contributed by atoms with van der Waals surface area (Å²) in [6.07, 6.45) is 1.44. The fraction of sp³-hybridized carbons (Fsp3) is 1.00. The predicted octanol–water partition coefficient (Wildman–Crippen LogP) is -0.224. The Labute approximate surface area is 45.8 Å². The standard InChI is InChI=1S/C3H6N.Sn/c1-2-4-3-1;/h1-3H2;/q-1;+1. The first-order valence-electron chi connectivity index (χ1n) is 1.86. The molecule has 1 nitrogen and oxygen atoms in total. The van der Waals surface area contributed by atoms with E-state index in [4.69, 9.17) is 0 Å². The molecule has 0 bridgehead atoms. The average molecular weight is 175 g/mol. The second-order valence-corrected chi connectivity index (χ2v) is 3.15. The van der Waals surface area contributed by atoms with E-state index in [2.05, 4.69) is 3.12 Å². The van der Waals surface area contributed by atoms with Crippen molar-refractivity contribution in [2.75, 3.05) is 13.1 Å². The van der Waals surface area contributed by atoms with Gasteiger partial charge in [0.1, 0.15) is 0 Å². The Hall–Kier alpha value is 0.759. The Morgan fingerprint density at radius 2 is 1.80 bits per heavy atom. The predicted molar refractivity (Wildman–Crippen MR) is 21.9 cm³/mol. The van der Waals surface area contributed by atoms with E-state index < -0.39 is 0 Å². The van der Waals surface area contributed by atoms with Crippen molar-refractivity contribution in [3.05, 3.63) is 0 Å². The zero-order valence-corrected chi connectivity index (χ0v) is 5.92. The van der Waals surface area contributed by atoms with Crippen molar-refractivity contribution in [1.82, 2.24) is 3.12 Å². The Morgan fingerprint density at radius 1 is 1.40 bits per heavy atom. The fourth-order valence-electron chi connectivity index (χ4n) is 0.316. The quantitative estimate of drug-likeness (QED) is 0.459. The molecular formula is C3H6NSn. The van der Waals surface area contributed by atoms with Gasteiger partial charge >= 0.3 is 45.4 Å². The minimum atomic E-state index is 1.36. The van der Waals surface area contributed by atoms with Crippen LogP contribution in [0.25, 0.3) is 0 Å². The van der Waals surface area contributed by atoms with Crippen LogP contribution in [0, 0.1) is 0 Å². The summed E-state index contributed by atoms with van der Waals surface area (Å²) >= 11 is 1.59. The Bertz CT molecular complexity index is 33.9. The SMILES string of the molecule is [Sn][N]1CCC1. The molecule has 0 N–H and O–H groups in total. The van der Waals surface area contributed by atoms with Crippen LogP contribution >= 0.6 is 0 Å². The van der Waals surface area contributed by atoms with Gasteiger partial charge in [0.25, 0.3) is 0 Å². The zero-order chi connectivity index (χ0) is 3.70. The third kappa shape index (κ3) is 0.793. The second-order valence-electron chi connectivity index (χ2n) is 1.34. The first kappa shape index (κ1) is 3.93. The Balaban J connectivity index is 2.08. The van der Waals surface area contributed by atoms with Crippen LogP contribution in [-0.2, 0) is 0 Å². The van der Waals surface area contributed by atoms with Crippen molar-refractivity contribution < 1.29 is 0 Å². The van der Waals surface area contributed by atoms with Gasteiger partial charge in [0.15, 0.2) is 0 Å². The maximum atomic E-state index is 2.40. The molecule has 1 aliphatic rings. The molecule has 0 aromatic rings. The average Bonchev–Trinajstić information content (AvgIpc) is 1.30. The van der Waals surface area contributed by atoms with E-state index in [0.29, 0.717) is 0 Å². The summed E-state index contributed by atoms with van der Waals surface area (Å²) in [5, 5.41) is 0. The monoisotopic (exact) mass is 176 g/mol. The molecule has 1 saturated heterocycles. The van der Waals surface area contributed by atoms with E-state index in [1.165, 1.54) is 19.5 Å². The number of rotatable bonds is 0. The molecule has 1 heterocycles. The van der Waals surface area contributed by atoms with Crippen LogP contribution in [-0.4, -0.2) is 39.0 Å². The van der Waals surface area contributed by atoms with E-state index in [9.17, 15) is 0 Å². The van der Waals surface area contributed by atoms with E-state index in [0.717, 1.165) is 0 Å². The molecule has 0 saturated carbocycles. The van der Waals surface area contributed by atoms with Gasteiger partial charge in [-0.2, -0.15) is 0 Å². The van der Waals surface area contributed by atoms with Crippen molar-refractivity contribution in [2.45, 2.75) is 6.42 Å². The fourth-order valence-corrected chi connectivity index (χ4v) is 1.22. The van der Waals surface area contributed by atoms with Gasteiger partial charge in [-0.15, -0.1) is 0 Å². The van der Waals surface area contributed by atoms with E-state index in [1.54, 1.807) is 22.8 Å². The molecule has 0 unspecified atom stereocenters. The van der Waals surface area contributed by atoms with E-state index in [-0.39, 0.29) is 0 Å². The summed E-state index contributed by atoms with van der Waals surface area (Å²) < 4.78 is 2.40. The molecule has 0 atom stereocenters. The van der Waals surface area contributed by atoms with Crippen LogP contribution in [0.1, 0.15) is 6.42 Å². The molecule has 3 radical (unpaired) electrons. The van der Waals surface area contributed by atoms with Gasteiger partial charge in [0.2, 0.25) is 0 Å². The molecule has 27 valence electrons. The van der Waals surface area contributed by atoms with Gasteiger partial charge in [-0.1, -0.05) is 0 Å². The summed E-state index contributed by atoms with van der Waals surface area (Å²) in [5.41, 5.74) is 0. The van der Waals surface area contributed by atoms with Crippen molar-refractivity contribution in [1.29, 1.82) is 0 Å². The molecular weight excluding hydrogens is 169 g/mol. The minimum absolute atomic E-state index is 1.36. The van der Waals surface area contributed by atoms with Crippen LogP contribution in [0.4, 0.5) is 0 Å². The van der Waals surface area contributed by atoms with Gasteiger partial charge in [-0.25, -0.2) is 0 Å². The number of hydrogen-bond acceptors (Lipinski definition) is 1. The molecule has 1 rings (SSSR count). The molecule has 0 aromatic carbocycles. The summed E-state index contributed by atoms with van der Waals surface area (Å²) in [5.74, 6) is 0. The summed E-state index contributed by atoms with van der Waals surface area (Å²) in [6, 6.07) is 0. The third-order valence-electron chi connectivity index (χ3n) is 0.856. The van der Waals surface area contributed by atoms with Crippen LogP contribution in [0.3, 0.4) is 0 Å². The van der Waals surface area contributed by atoms with Gasteiger partial charge < -0.3 is 0 Å². The molecule has 0 aliphatic carbocycles. The third-order valence-corrected chi connectivity index (χ3v) is 2.13. The van der Waals surface area contributed by atoms with E-state index in [1.807, 2.05) is 0 Å². The first-order valence-corrected chi connectivity index (χ1v) is 3.13.